The second kappa shape index (κ2) is 6.48. The number of anilines is 1. The van der Waals surface area contributed by atoms with Gasteiger partial charge in [0.1, 0.15) is 0 Å². The molecule has 0 saturated carbocycles. The van der Waals surface area contributed by atoms with Crippen LogP contribution in [0, 0.1) is 0 Å². The smallest absolute Gasteiger partial charge is 0.306 e. The Labute approximate surface area is 138 Å². The number of hydrogen-bond acceptors (Lipinski definition) is 5. The molecule has 2 N–H and O–H groups in total. The van der Waals surface area contributed by atoms with Crippen molar-refractivity contribution in [2.24, 2.45) is 0 Å². The van der Waals surface area contributed by atoms with Crippen LogP contribution in [0.5, 0.6) is 5.75 Å². The standard InChI is InChI=1S/C16H18N2O6/c1-9-15(21)17-12-4-2-3-11(14(12)24-9)16(22)18-5-6-23-10(8-18)7-13(19)20/h2-4,9-10H,5-8H2,1H3,(H,17,21)(H,19,20)/t9-,10-/m0/s1. The normalized spacial score (nSPS) is 23.0. The van der Waals surface area contributed by atoms with Gasteiger partial charge in [-0.3, -0.25) is 14.4 Å². The third kappa shape index (κ3) is 3.18. The largest absolute Gasteiger partial charge is 0.481 e. The van der Waals surface area contributed by atoms with E-state index in [0.717, 1.165) is 0 Å². The van der Waals surface area contributed by atoms with Gasteiger partial charge in [0, 0.05) is 13.1 Å². The van der Waals surface area contributed by atoms with Crippen LogP contribution >= 0.6 is 0 Å². The average molecular weight is 334 g/mol. The molecular formula is C16H18N2O6. The summed E-state index contributed by atoms with van der Waals surface area (Å²) in [6.07, 6.45) is -1.37. The summed E-state index contributed by atoms with van der Waals surface area (Å²) in [6.45, 7) is 2.47. The maximum atomic E-state index is 12.8. The molecule has 0 aromatic heterocycles. The van der Waals surface area contributed by atoms with Gasteiger partial charge in [0.25, 0.3) is 11.8 Å². The van der Waals surface area contributed by atoms with E-state index >= 15 is 0 Å². The summed E-state index contributed by atoms with van der Waals surface area (Å²) in [5.74, 6) is -1.16. The predicted octanol–water partition coefficient (Wildman–Crippen LogP) is 0.722. The summed E-state index contributed by atoms with van der Waals surface area (Å²) in [5, 5.41) is 11.6. The first-order valence-electron chi connectivity index (χ1n) is 7.69. The van der Waals surface area contributed by atoms with E-state index in [9.17, 15) is 14.4 Å². The number of nitrogens with zero attached hydrogens (tertiary/aromatic N) is 1. The van der Waals surface area contributed by atoms with Crippen molar-refractivity contribution in [3.8, 4) is 5.75 Å². The summed E-state index contributed by atoms with van der Waals surface area (Å²) >= 11 is 0. The first kappa shape index (κ1) is 16.3. The van der Waals surface area contributed by atoms with Crippen LogP contribution in [0.25, 0.3) is 0 Å². The van der Waals surface area contributed by atoms with Gasteiger partial charge in [-0.05, 0) is 19.1 Å². The number of carboxylic acids is 1. The van der Waals surface area contributed by atoms with E-state index in [1.54, 1.807) is 30.0 Å². The number of carboxylic acid groups (broad SMARTS) is 1. The summed E-state index contributed by atoms with van der Waals surface area (Å²) in [6, 6.07) is 4.97. The van der Waals surface area contributed by atoms with E-state index in [0.29, 0.717) is 23.5 Å². The van der Waals surface area contributed by atoms with Crippen molar-refractivity contribution < 1.29 is 29.0 Å². The Hall–Kier alpha value is -2.61. The minimum Gasteiger partial charge on any atom is -0.481 e. The van der Waals surface area contributed by atoms with Crippen molar-refractivity contribution in [1.29, 1.82) is 0 Å². The minimum atomic E-state index is -0.966. The zero-order chi connectivity index (χ0) is 17.3. The lowest BCUT2D eigenvalue weighted by Gasteiger charge is -2.33. The van der Waals surface area contributed by atoms with Crippen molar-refractivity contribution in [2.45, 2.75) is 25.6 Å². The highest BCUT2D eigenvalue weighted by atomic mass is 16.5. The molecule has 2 aliphatic rings. The lowest BCUT2D eigenvalue weighted by molar-refractivity contribution is -0.141. The van der Waals surface area contributed by atoms with Gasteiger partial charge in [0.2, 0.25) is 0 Å². The van der Waals surface area contributed by atoms with Crippen molar-refractivity contribution in [2.75, 3.05) is 25.0 Å². The van der Waals surface area contributed by atoms with E-state index in [-0.39, 0.29) is 31.4 Å². The number of carbonyl (C=O) groups excluding carboxylic acids is 2. The molecule has 24 heavy (non-hydrogen) atoms. The molecule has 2 heterocycles. The highest BCUT2D eigenvalue weighted by Gasteiger charge is 2.32. The Morgan fingerprint density at radius 3 is 2.96 bits per heavy atom. The molecule has 128 valence electrons. The number of aliphatic carboxylic acids is 1. The number of nitrogens with one attached hydrogen (secondary N) is 1. The summed E-state index contributed by atoms with van der Waals surface area (Å²) in [4.78, 5) is 36.9. The molecule has 0 bridgehead atoms. The van der Waals surface area contributed by atoms with Crippen molar-refractivity contribution in [1.82, 2.24) is 4.90 Å². The van der Waals surface area contributed by atoms with E-state index < -0.39 is 18.2 Å². The number of ether oxygens (including phenoxy) is 2. The van der Waals surface area contributed by atoms with Gasteiger partial charge in [0.05, 0.1) is 30.4 Å². The Kier molecular flexibility index (Phi) is 4.39. The molecule has 1 aromatic rings. The molecule has 2 atom stereocenters. The Bertz CT molecular complexity index is 689. The fraction of sp³-hybridized carbons (Fsp3) is 0.438. The lowest BCUT2D eigenvalue weighted by Crippen LogP contribution is -2.46. The molecule has 0 radical (unpaired) electrons. The second-order valence-corrected chi connectivity index (χ2v) is 5.77. The molecule has 2 amide bonds. The number of rotatable bonds is 3. The second-order valence-electron chi connectivity index (χ2n) is 5.77. The summed E-state index contributed by atoms with van der Waals surface area (Å²) in [5.41, 5.74) is 0.801. The van der Waals surface area contributed by atoms with Crippen LogP contribution in [0.15, 0.2) is 18.2 Å². The molecule has 8 heteroatoms. The average Bonchev–Trinajstić information content (AvgIpc) is 2.54. The van der Waals surface area contributed by atoms with Crippen LogP contribution < -0.4 is 10.1 Å². The molecule has 0 unspecified atom stereocenters. The molecule has 1 aromatic carbocycles. The fourth-order valence-electron chi connectivity index (χ4n) is 2.79. The summed E-state index contributed by atoms with van der Waals surface area (Å²) in [7, 11) is 0. The SMILES string of the molecule is C[C@@H]1Oc2c(cccc2C(=O)N2CCO[C@@H](CC(=O)O)C2)NC1=O. The van der Waals surface area contributed by atoms with Crippen LogP contribution in [0.4, 0.5) is 5.69 Å². The number of morpholine rings is 1. The zero-order valence-corrected chi connectivity index (χ0v) is 13.2. The van der Waals surface area contributed by atoms with Gasteiger partial charge >= 0.3 is 5.97 Å². The van der Waals surface area contributed by atoms with E-state index in [1.165, 1.54) is 0 Å². The topological polar surface area (TPSA) is 105 Å². The number of carbonyl (C=O) groups is 3. The van der Waals surface area contributed by atoms with Crippen molar-refractivity contribution in [3.05, 3.63) is 23.8 Å². The molecule has 8 nitrogen and oxygen atoms in total. The Morgan fingerprint density at radius 1 is 1.42 bits per heavy atom. The Balaban J connectivity index is 1.82. The first-order chi connectivity index (χ1) is 11.5. The highest BCUT2D eigenvalue weighted by Crippen LogP contribution is 2.34. The van der Waals surface area contributed by atoms with Gasteiger partial charge in [-0.1, -0.05) is 6.07 Å². The number of para-hydroxylation sites is 1. The number of amides is 2. The molecule has 1 saturated heterocycles. The minimum absolute atomic E-state index is 0.153. The monoisotopic (exact) mass is 334 g/mol. The number of fused-ring (bicyclic) bond motifs is 1. The first-order valence-corrected chi connectivity index (χ1v) is 7.69. The van der Waals surface area contributed by atoms with Crippen LogP contribution in [0.2, 0.25) is 0 Å². The molecule has 2 aliphatic heterocycles. The van der Waals surface area contributed by atoms with Crippen LogP contribution in [-0.4, -0.2) is 59.7 Å². The fourth-order valence-corrected chi connectivity index (χ4v) is 2.79. The van der Waals surface area contributed by atoms with Gasteiger partial charge in [-0.2, -0.15) is 0 Å². The third-order valence-electron chi connectivity index (χ3n) is 4.00. The third-order valence-corrected chi connectivity index (χ3v) is 4.00. The van der Waals surface area contributed by atoms with Gasteiger partial charge in [0.15, 0.2) is 11.9 Å². The quantitative estimate of drug-likeness (QED) is 0.844. The lowest BCUT2D eigenvalue weighted by atomic mass is 10.1. The van der Waals surface area contributed by atoms with E-state index in [2.05, 4.69) is 5.32 Å². The molecule has 0 spiro atoms. The molecule has 1 fully saturated rings. The van der Waals surface area contributed by atoms with E-state index in [1.807, 2.05) is 0 Å². The van der Waals surface area contributed by atoms with Gasteiger partial charge in [-0.15, -0.1) is 0 Å². The number of hydrogen-bond donors (Lipinski definition) is 2. The van der Waals surface area contributed by atoms with E-state index in [4.69, 9.17) is 14.6 Å². The maximum Gasteiger partial charge on any atom is 0.306 e. The maximum absolute atomic E-state index is 12.8. The van der Waals surface area contributed by atoms with Crippen LogP contribution in [0.1, 0.15) is 23.7 Å². The summed E-state index contributed by atoms with van der Waals surface area (Å²) < 4.78 is 11.0. The van der Waals surface area contributed by atoms with Crippen LogP contribution in [-0.2, 0) is 14.3 Å². The van der Waals surface area contributed by atoms with Crippen molar-refractivity contribution >= 4 is 23.5 Å². The zero-order valence-electron chi connectivity index (χ0n) is 13.2. The van der Waals surface area contributed by atoms with Crippen LogP contribution in [0.3, 0.4) is 0 Å². The molecule has 3 rings (SSSR count). The van der Waals surface area contributed by atoms with Gasteiger partial charge < -0.3 is 24.8 Å². The van der Waals surface area contributed by atoms with Crippen molar-refractivity contribution in [3.63, 3.8) is 0 Å². The molecular weight excluding hydrogens is 316 g/mol. The van der Waals surface area contributed by atoms with Gasteiger partial charge in [-0.25, -0.2) is 0 Å². The Morgan fingerprint density at radius 2 is 2.21 bits per heavy atom. The predicted molar refractivity (Wildman–Crippen MR) is 83.1 cm³/mol. The highest BCUT2D eigenvalue weighted by molar-refractivity contribution is 6.04. The number of benzene rings is 1. The molecule has 0 aliphatic carbocycles.